The Morgan fingerprint density at radius 3 is 2.83 bits per heavy atom. The van der Waals surface area contributed by atoms with Gasteiger partial charge in [-0.05, 0) is 69.4 Å². The van der Waals surface area contributed by atoms with Gasteiger partial charge in [-0.15, -0.1) is 0 Å². The lowest BCUT2D eigenvalue weighted by molar-refractivity contribution is 0.169. The molecule has 18 heavy (non-hydrogen) atoms. The van der Waals surface area contributed by atoms with Crippen molar-refractivity contribution in [2.75, 3.05) is 6.54 Å². The molecular weight excluding hydrogens is 222 g/mol. The first kappa shape index (κ1) is 12.2. The molecule has 3 heteroatoms. The molecule has 100 valence electrons. The van der Waals surface area contributed by atoms with E-state index in [1.54, 1.807) is 0 Å². The molecule has 1 heterocycles. The van der Waals surface area contributed by atoms with Crippen LogP contribution in [-0.4, -0.2) is 16.3 Å². The van der Waals surface area contributed by atoms with Crippen LogP contribution in [0.1, 0.15) is 51.3 Å². The van der Waals surface area contributed by atoms with Gasteiger partial charge in [-0.3, -0.25) is 4.68 Å². The Balaban J connectivity index is 1.77. The molecule has 0 amide bonds. The molecule has 2 bridgehead atoms. The fourth-order valence-corrected chi connectivity index (χ4v) is 4.22. The van der Waals surface area contributed by atoms with Gasteiger partial charge in [0, 0.05) is 12.2 Å². The standard InChI is InChI=1S/C15H25N3/c1-11(2)18-6-5-14(17-18)9-15(10-16)8-12-3-4-13(15)7-12/h5-6,11-13H,3-4,7-10,16H2,1-2H3. The molecule has 1 aromatic rings. The second-order valence-corrected chi connectivity index (χ2v) is 6.70. The molecule has 3 unspecified atom stereocenters. The van der Waals surface area contributed by atoms with Gasteiger partial charge in [0.1, 0.15) is 0 Å². The van der Waals surface area contributed by atoms with Gasteiger partial charge in [-0.25, -0.2) is 0 Å². The van der Waals surface area contributed by atoms with Crippen LogP contribution >= 0.6 is 0 Å². The van der Waals surface area contributed by atoms with Gasteiger partial charge in [0.15, 0.2) is 0 Å². The van der Waals surface area contributed by atoms with Crippen molar-refractivity contribution in [3.63, 3.8) is 0 Å². The molecule has 0 saturated heterocycles. The van der Waals surface area contributed by atoms with Gasteiger partial charge in [0.2, 0.25) is 0 Å². The Bertz CT molecular complexity index is 423. The fraction of sp³-hybridized carbons (Fsp3) is 0.800. The lowest BCUT2D eigenvalue weighted by atomic mass is 9.70. The van der Waals surface area contributed by atoms with Gasteiger partial charge in [-0.1, -0.05) is 6.42 Å². The molecule has 2 aliphatic carbocycles. The van der Waals surface area contributed by atoms with Crippen LogP contribution in [-0.2, 0) is 6.42 Å². The quantitative estimate of drug-likeness (QED) is 0.889. The van der Waals surface area contributed by atoms with E-state index in [9.17, 15) is 0 Å². The predicted molar refractivity (Wildman–Crippen MR) is 73.3 cm³/mol. The molecule has 2 aliphatic rings. The van der Waals surface area contributed by atoms with Crippen LogP contribution in [0.2, 0.25) is 0 Å². The summed E-state index contributed by atoms with van der Waals surface area (Å²) in [7, 11) is 0. The van der Waals surface area contributed by atoms with Crippen LogP contribution in [0.3, 0.4) is 0 Å². The van der Waals surface area contributed by atoms with Crippen molar-refractivity contribution in [1.82, 2.24) is 9.78 Å². The third-order valence-corrected chi connectivity index (χ3v) is 5.23. The summed E-state index contributed by atoms with van der Waals surface area (Å²) in [4.78, 5) is 0. The van der Waals surface area contributed by atoms with E-state index in [0.29, 0.717) is 11.5 Å². The molecule has 3 nitrogen and oxygen atoms in total. The highest BCUT2D eigenvalue weighted by Gasteiger charge is 2.50. The van der Waals surface area contributed by atoms with Gasteiger partial charge in [0.05, 0.1) is 5.69 Å². The molecule has 2 N–H and O–H groups in total. The van der Waals surface area contributed by atoms with Crippen molar-refractivity contribution in [3.05, 3.63) is 18.0 Å². The number of hydrogen-bond acceptors (Lipinski definition) is 2. The number of fused-ring (bicyclic) bond motifs is 2. The van der Waals surface area contributed by atoms with E-state index in [4.69, 9.17) is 10.8 Å². The Labute approximate surface area is 110 Å². The summed E-state index contributed by atoms with van der Waals surface area (Å²) in [6.07, 6.45) is 8.78. The number of hydrogen-bond donors (Lipinski definition) is 1. The normalized spacial score (nSPS) is 34.7. The Hall–Kier alpha value is -0.830. The van der Waals surface area contributed by atoms with Gasteiger partial charge < -0.3 is 5.73 Å². The first-order chi connectivity index (χ1) is 8.63. The van der Waals surface area contributed by atoms with Gasteiger partial charge in [0.25, 0.3) is 0 Å². The van der Waals surface area contributed by atoms with Crippen molar-refractivity contribution in [2.45, 2.75) is 52.0 Å². The van der Waals surface area contributed by atoms with Crippen LogP contribution in [0.15, 0.2) is 12.3 Å². The minimum absolute atomic E-state index is 0.360. The summed E-state index contributed by atoms with van der Waals surface area (Å²) in [5.41, 5.74) is 7.73. The summed E-state index contributed by atoms with van der Waals surface area (Å²) >= 11 is 0. The second-order valence-electron chi connectivity index (χ2n) is 6.70. The van der Waals surface area contributed by atoms with Crippen LogP contribution < -0.4 is 5.73 Å². The minimum Gasteiger partial charge on any atom is -0.330 e. The molecular formula is C15H25N3. The number of aromatic nitrogens is 2. The molecule has 0 aliphatic heterocycles. The monoisotopic (exact) mass is 247 g/mol. The van der Waals surface area contributed by atoms with E-state index < -0.39 is 0 Å². The Kier molecular flexibility index (Phi) is 2.97. The summed E-state index contributed by atoms with van der Waals surface area (Å²) in [5, 5.41) is 4.71. The highest BCUT2D eigenvalue weighted by Crippen LogP contribution is 2.56. The fourth-order valence-electron chi connectivity index (χ4n) is 4.22. The van der Waals surface area contributed by atoms with E-state index in [2.05, 4.69) is 30.8 Å². The van der Waals surface area contributed by atoms with Crippen molar-refractivity contribution >= 4 is 0 Å². The first-order valence-corrected chi connectivity index (χ1v) is 7.37. The summed E-state index contributed by atoms with van der Waals surface area (Å²) in [6.45, 7) is 5.18. The van der Waals surface area contributed by atoms with E-state index in [-0.39, 0.29) is 0 Å². The van der Waals surface area contributed by atoms with Crippen molar-refractivity contribution in [2.24, 2.45) is 23.0 Å². The van der Waals surface area contributed by atoms with Gasteiger partial charge in [-0.2, -0.15) is 5.10 Å². The molecule has 2 fully saturated rings. The topological polar surface area (TPSA) is 43.8 Å². The maximum atomic E-state index is 6.14. The third-order valence-electron chi connectivity index (χ3n) is 5.23. The zero-order valence-electron chi connectivity index (χ0n) is 11.6. The molecule has 3 rings (SSSR count). The lowest BCUT2D eigenvalue weighted by Crippen LogP contribution is -2.38. The summed E-state index contributed by atoms with van der Waals surface area (Å²) in [5.74, 6) is 1.81. The average Bonchev–Trinajstić information content (AvgIpc) is 3.03. The van der Waals surface area contributed by atoms with Crippen molar-refractivity contribution in [3.8, 4) is 0 Å². The molecule has 2 saturated carbocycles. The van der Waals surface area contributed by atoms with Crippen LogP contribution in [0, 0.1) is 17.3 Å². The van der Waals surface area contributed by atoms with Crippen LogP contribution in [0.4, 0.5) is 0 Å². The largest absolute Gasteiger partial charge is 0.330 e. The SMILES string of the molecule is CC(C)n1ccc(CC2(CN)CC3CCC2C3)n1. The van der Waals surface area contributed by atoms with Gasteiger partial charge >= 0.3 is 0 Å². The van der Waals surface area contributed by atoms with E-state index in [1.807, 2.05) is 0 Å². The average molecular weight is 247 g/mol. The first-order valence-electron chi connectivity index (χ1n) is 7.37. The third kappa shape index (κ3) is 1.89. The lowest BCUT2D eigenvalue weighted by Gasteiger charge is -2.36. The summed E-state index contributed by atoms with van der Waals surface area (Å²) < 4.78 is 2.06. The molecule has 3 atom stereocenters. The maximum Gasteiger partial charge on any atom is 0.0630 e. The minimum atomic E-state index is 0.360. The smallest absolute Gasteiger partial charge is 0.0630 e. The van der Waals surface area contributed by atoms with E-state index in [1.165, 1.54) is 31.4 Å². The number of rotatable bonds is 4. The summed E-state index contributed by atoms with van der Waals surface area (Å²) in [6, 6.07) is 2.64. The molecule has 0 spiro atoms. The zero-order valence-corrected chi connectivity index (χ0v) is 11.6. The van der Waals surface area contributed by atoms with Crippen LogP contribution in [0.25, 0.3) is 0 Å². The predicted octanol–water partition coefficient (Wildman–Crippen LogP) is 2.77. The number of nitrogens with two attached hydrogens (primary N) is 1. The van der Waals surface area contributed by atoms with E-state index in [0.717, 1.165) is 24.8 Å². The Morgan fingerprint density at radius 2 is 2.33 bits per heavy atom. The molecule has 0 radical (unpaired) electrons. The van der Waals surface area contributed by atoms with E-state index >= 15 is 0 Å². The van der Waals surface area contributed by atoms with Crippen molar-refractivity contribution < 1.29 is 0 Å². The van der Waals surface area contributed by atoms with Crippen LogP contribution in [0.5, 0.6) is 0 Å². The highest BCUT2D eigenvalue weighted by molar-refractivity contribution is 5.10. The number of nitrogens with zero attached hydrogens (tertiary/aromatic N) is 2. The highest BCUT2D eigenvalue weighted by atomic mass is 15.3. The molecule has 0 aromatic carbocycles. The maximum absolute atomic E-state index is 6.14. The van der Waals surface area contributed by atoms with Crippen molar-refractivity contribution in [1.29, 1.82) is 0 Å². The second kappa shape index (κ2) is 4.37. The molecule has 1 aromatic heterocycles. The Morgan fingerprint density at radius 1 is 1.50 bits per heavy atom. The zero-order chi connectivity index (χ0) is 12.8.